The van der Waals surface area contributed by atoms with Crippen LogP contribution in [-0.2, 0) is 4.79 Å². The summed E-state index contributed by atoms with van der Waals surface area (Å²) in [6.07, 6.45) is 38.0. The highest BCUT2D eigenvalue weighted by atomic mass is 16.2. The summed E-state index contributed by atoms with van der Waals surface area (Å²) in [6.45, 7) is 6.26. The Labute approximate surface area is 239 Å². The molecule has 0 aromatic heterocycles. The van der Waals surface area contributed by atoms with Crippen molar-refractivity contribution in [1.29, 1.82) is 5.26 Å². The van der Waals surface area contributed by atoms with E-state index in [1.807, 2.05) is 4.90 Å². The van der Waals surface area contributed by atoms with Crippen LogP contribution in [-0.4, -0.2) is 23.9 Å². The molecule has 0 rings (SSSR count). The topological polar surface area (TPSA) is 44.1 Å². The smallest absolute Gasteiger partial charge is 0.236 e. The second-order valence-electron chi connectivity index (χ2n) is 11.9. The van der Waals surface area contributed by atoms with Crippen LogP contribution in [0.2, 0.25) is 0 Å². The lowest BCUT2D eigenvalue weighted by molar-refractivity contribution is -0.130. The summed E-state index contributed by atoms with van der Waals surface area (Å²) in [5.41, 5.74) is 0. The van der Waals surface area contributed by atoms with E-state index in [0.29, 0.717) is 0 Å². The lowest BCUT2D eigenvalue weighted by atomic mass is 10.0. The van der Waals surface area contributed by atoms with E-state index < -0.39 is 0 Å². The average molecular weight is 533 g/mol. The van der Waals surface area contributed by atoms with Crippen LogP contribution in [0.25, 0.3) is 0 Å². The fraction of sp³-hybridized carbons (Fsp3) is 0.943. The molecule has 0 aliphatic carbocycles. The molecule has 0 saturated carbocycles. The van der Waals surface area contributed by atoms with E-state index in [1.165, 1.54) is 167 Å². The van der Waals surface area contributed by atoms with E-state index in [2.05, 4.69) is 19.9 Å². The fourth-order valence-corrected chi connectivity index (χ4v) is 5.54. The van der Waals surface area contributed by atoms with Crippen molar-refractivity contribution in [1.82, 2.24) is 4.90 Å². The molecule has 0 unspecified atom stereocenters. The van der Waals surface area contributed by atoms with Crippen LogP contribution in [0.15, 0.2) is 0 Å². The maximum Gasteiger partial charge on any atom is 0.236 e. The van der Waals surface area contributed by atoms with Crippen LogP contribution < -0.4 is 0 Å². The molecular weight excluding hydrogens is 464 g/mol. The minimum Gasteiger partial charge on any atom is -0.342 e. The number of nitrogens with zero attached hydrogens (tertiary/aromatic N) is 2. The molecule has 3 heteroatoms. The largest absolute Gasteiger partial charge is 0.342 e. The Balaban J connectivity index is 3.62. The molecule has 0 fully saturated rings. The molecule has 0 bridgehead atoms. The molecule has 0 radical (unpaired) electrons. The monoisotopic (exact) mass is 533 g/mol. The summed E-state index contributed by atoms with van der Waals surface area (Å²) in [5.74, 6) is 0.0388. The molecule has 0 atom stereocenters. The SMILES string of the molecule is CCCCCCCCCCCCCCCCN(CCCCCCCCCCCCCCCC)C(=O)CC#N. The van der Waals surface area contributed by atoms with Gasteiger partial charge in [-0.1, -0.05) is 181 Å². The highest BCUT2D eigenvalue weighted by Crippen LogP contribution is 2.15. The van der Waals surface area contributed by atoms with Crippen molar-refractivity contribution in [3.05, 3.63) is 0 Å². The summed E-state index contributed by atoms with van der Waals surface area (Å²) >= 11 is 0. The van der Waals surface area contributed by atoms with E-state index >= 15 is 0 Å². The van der Waals surface area contributed by atoms with Crippen molar-refractivity contribution < 1.29 is 4.79 Å². The van der Waals surface area contributed by atoms with Crippen molar-refractivity contribution in [3.8, 4) is 6.07 Å². The van der Waals surface area contributed by atoms with Gasteiger partial charge in [0.15, 0.2) is 0 Å². The number of nitriles is 1. The highest BCUT2D eigenvalue weighted by molar-refractivity contribution is 5.78. The van der Waals surface area contributed by atoms with Crippen molar-refractivity contribution in [2.45, 2.75) is 200 Å². The molecule has 3 nitrogen and oxygen atoms in total. The third-order valence-corrected chi connectivity index (χ3v) is 8.15. The predicted molar refractivity (Wildman–Crippen MR) is 167 cm³/mol. The second kappa shape index (κ2) is 32.2. The van der Waals surface area contributed by atoms with Crippen LogP contribution in [0.1, 0.15) is 200 Å². The summed E-state index contributed by atoms with van der Waals surface area (Å²) in [5, 5.41) is 8.98. The average Bonchev–Trinajstić information content (AvgIpc) is 2.92. The van der Waals surface area contributed by atoms with Crippen LogP contribution in [0.4, 0.5) is 0 Å². The Hall–Kier alpha value is -1.04. The molecule has 0 aromatic rings. The summed E-state index contributed by atoms with van der Waals surface area (Å²) in [4.78, 5) is 14.4. The molecule has 0 aliphatic heterocycles. The van der Waals surface area contributed by atoms with Crippen LogP contribution >= 0.6 is 0 Å². The first-order valence-electron chi connectivity index (χ1n) is 17.4. The van der Waals surface area contributed by atoms with Gasteiger partial charge in [-0.25, -0.2) is 0 Å². The van der Waals surface area contributed by atoms with Gasteiger partial charge in [0.25, 0.3) is 0 Å². The number of hydrogen-bond donors (Lipinski definition) is 0. The summed E-state index contributed by atoms with van der Waals surface area (Å²) < 4.78 is 0. The molecular formula is C35H68N2O. The van der Waals surface area contributed by atoms with Gasteiger partial charge >= 0.3 is 0 Å². The van der Waals surface area contributed by atoms with Gasteiger partial charge in [-0.2, -0.15) is 5.26 Å². The quantitative estimate of drug-likeness (QED) is 0.0833. The van der Waals surface area contributed by atoms with E-state index in [9.17, 15) is 4.79 Å². The van der Waals surface area contributed by atoms with Gasteiger partial charge in [0.1, 0.15) is 6.42 Å². The van der Waals surface area contributed by atoms with E-state index in [1.54, 1.807) is 0 Å². The summed E-state index contributed by atoms with van der Waals surface area (Å²) in [6, 6.07) is 2.06. The number of carbonyl (C=O) groups is 1. The zero-order chi connectivity index (χ0) is 27.8. The Morgan fingerprint density at radius 1 is 0.447 bits per heavy atom. The van der Waals surface area contributed by atoms with Crippen molar-refractivity contribution in [2.75, 3.05) is 13.1 Å². The zero-order valence-corrected chi connectivity index (χ0v) is 26.2. The molecule has 224 valence electrons. The van der Waals surface area contributed by atoms with Crippen LogP contribution in [0.5, 0.6) is 0 Å². The van der Waals surface area contributed by atoms with E-state index in [-0.39, 0.29) is 12.3 Å². The molecule has 0 aliphatic rings. The maximum atomic E-state index is 12.4. The van der Waals surface area contributed by atoms with E-state index in [0.717, 1.165) is 25.9 Å². The predicted octanol–water partition coefficient (Wildman–Crippen LogP) is 11.7. The zero-order valence-electron chi connectivity index (χ0n) is 26.2. The number of unbranched alkanes of at least 4 members (excludes halogenated alkanes) is 26. The van der Waals surface area contributed by atoms with Gasteiger partial charge in [-0.15, -0.1) is 0 Å². The standard InChI is InChI=1S/C35H68N2O/c1-3-5-7-9-11-13-15-17-19-21-23-25-27-29-33-37(35(38)31-32-36)34-30-28-26-24-22-20-18-16-14-12-10-8-6-4-2/h3-31,33-34H2,1-2H3. The van der Waals surface area contributed by atoms with Crippen molar-refractivity contribution >= 4 is 5.91 Å². The number of rotatable bonds is 31. The molecule has 1 amide bonds. The summed E-state index contributed by atoms with van der Waals surface area (Å²) in [7, 11) is 0. The molecule has 0 heterocycles. The highest BCUT2D eigenvalue weighted by Gasteiger charge is 2.12. The molecule has 0 aromatic carbocycles. The Morgan fingerprint density at radius 2 is 0.684 bits per heavy atom. The van der Waals surface area contributed by atoms with Gasteiger partial charge in [-0.05, 0) is 12.8 Å². The Kier molecular flexibility index (Phi) is 31.3. The molecule has 0 saturated heterocycles. The van der Waals surface area contributed by atoms with Gasteiger partial charge in [0.2, 0.25) is 5.91 Å². The first kappa shape index (κ1) is 37.0. The normalized spacial score (nSPS) is 11.1. The first-order chi connectivity index (χ1) is 18.8. The molecule has 0 spiro atoms. The van der Waals surface area contributed by atoms with Crippen LogP contribution in [0.3, 0.4) is 0 Å². The lowest BCUT2D eigenvalue weighted by Gasteiger charge is -2.21. The van der Waals surface area contributed by atoms with Crippen LogP contribution in [0, 0.1) is 11.3 Å². The lowest BCUT2D eigenvalue weighted by Crippen LogP contribution is -2.32. The minimum atomic E-state index is 0.0388. The Bertz CT molecular complexity index is 481. The first-order valence-corrected chi connectivity index (χ1v) is 17.4. The van der Waals surface area contributed by atoms with Gasteiger partial charge in [-0.3, -0.25) is 4.79 Å². The van der Waals surface area contributed by atoms with E-state index in [4.69, 9.17) is 5.26 Å². The third kappa shape index (κ3) is 28.0. The van der Waals surface area contributed by atoms with Crippen molar-refractivity contribution in [3.63, 3.8) is 0 Å². The van der Waals surface area contributed by atoms with Crippen molar-refractivity contribution in [2.24, 2.45) is 0 Å². The Morgan fingerprint density at radius 3 is 0.921 bits per heavy atom. The van der Waals surface area contributed by atoms with Gasteiger partial charge in [0.05, 0.1) is 6.07 Å². The van der Waals surface area contributed by atoms with Gasteiger partial charge < -0.3 is 4.90 Å². The molecule has 0 N–H and O–H groups in total. The fourth-order valence-electron chi connectivity index (χ4n) is 5.54. The third-order valence-electron chi connectivity index (χ3n) is 8.15. The number of amides is 1. The second-order valence-corrected chi connectivity index (χ2v) is 11.9. The maximum absolute atomic E-state index is 12.4. The number of hydrogen-bond acceptors (Lipinski definition) is 2. The molecule has 38 heavy (non-hydrogen) atoms. The van der Waals surface area contributed by atoms with Gasteiger partial charge in [0, 0.05) is 13.1 Å². The number of carbonyl (C=O) groups excluding carboxylic acids is 1. The minimum absolute atomic E-state index is 0.0388.